The van der Waals surface area contributed by atoms with E-state index in [-0.39, 0.29) is 12.2 Å². The number of hydrogen-bond acceptors (Lipinski definition) is 2. The number of allylic oxidation sites excluding steroid dienone is 1. The predicted octanol–water partition coefficient (Wildman–Crippen LogP) is 2.75. The van der Waals surface area contributed by atoms with Gasteiger partial charge in [-0.3, -0.25) is 0 Å². The zero-order valence-electron chi connectivity index (χ0n) is 10.8. The van der Waals surface area contributed by atoms with Gasteiger partial charge in [0.25, 0.3) is 0 Å². The summed E-state index contributed by atoms with van der Waals surface area (Å²) in [6.45, 7) is 6.49. The second-order valence-corrected chi connectivity index (χ2v) is 5.69. The molecule has 16 heavy (non-hydrogen) atoms. The van der Waals surface area contributed by atoms with Crippen LogP contribution in [-0.2, 0) is 0 Å². The molecule has 94 valence electrons. The molecule has 0 aliphatic heterocycles. The first-order valence-corrected chi connectivity index (χ1v) is 6.53. The highest BCUT2D eigenvalue weighted by atomic mass is 16.3. The van der Waals surface area contributed by atoms with Crippen LogP contribution in [0.3, 0.4) is 0 Å². The first-order valence-electron chi connectivity index (χ1n) is 6.53. The van der Waals surface area contributed by atoms with E-state index in [4.69, 9.17) is 0 Å². The van der Waals surface area contributed by atoms with Crippen LogP contribution in [-0.4, -0.2) is 22.4 Å². The molecule has 4 atom stereocenters. The summed E-state index contributed by atoms with van der Waals surface area (Å²) in [5.41, 5.74) is 0. The van der Waals surface area contributed by atoms with Crippen LogP contribution in [0.25, 0.3) is 0 Å². The van der Waals surface area contributed by atoms with Crippen LogP contribution in [0.4, 0.5) is 0 Å². The molecule has 2 heteroatoms. The normalized spacial score (nSPS) is 29.4. The second-order valence-electron chi connectivity index (χ2n) is 5.69. The Labute approximate surface area is 99.4 Å². The minimum atomic E-state index is -0.246. The van der Waals surface area contributed by atoms with Gasteiger partial charge < -0.3 is 10.2 Å². The lowest BCUT2D eigenvalue weighted by Crippen LogP contribution is -2.22. The summed E-state index contributed by atoms with van der Waals surface area (Å²) in [7, 11) is 0. The average molecular weight is 226 g/mol. The number of hydrogen-bond donors (Lipinski definition) is 2. The van der Waals surface area contributed by atoms with E-state index in [9.17, 15) is 10.2 Å². The van der Waals surface area contributed by atoms with Crippen molar-refractivity contribution in [3.63, 3.8) is 0 Å². The third kappa shape index (κ3) is 4.67. The lowest BCUT2D eigenvalue weighted by Gasteiger charge is -2.27. The third-order valence-corrected chi connectivity index (χ3v) is 3.49. The fourth-order valence-corrected chi connectivity index (χ4v) is 2.55. The van der Waals surface area contributed by atoms with E-state index in [1.54, 1.807) is 0 Å². The van der Waals surface area contributed by atoms with Crippen molar-refractivity contribution in [2.45, 2.75) is 58.7 Å². The van der Waals surface area contributed by atoms with Crippen molar-refractivity contribution in [2.75, 3.05) is 0 Å². The smallest absolute Gasteiger partial charge is 0.0721 e. The summed E-state index contributed by atoms with van der Waals surface area (Å²) in [5, 5.41) is 19.3. The molecule has 0 heterocycles. The fraction of sp³-hybridized carbons (Fsp3) is 0.857. The highest BCUT2D eigenvalue weighted by Crippen LogP contribution is 2.28. The quantitative estimate of drug-likeness (QED) is 0.708. The molecular weight excluding hydrogens is 200 g/mol. The van der Waals surface area contributed by atoms with Crippen LogP contribution in [0.2, 0.25) is 0 Å². The number of aliphatic hydroxyl groups excluding tert-OH is 2. The van der Waals surface area contributed by atoms with Crippen LogP contribution in [0.5, 0.6) is 0 Å². The van der Waals surface area contributed by atoms with Crippen molar-refractivity contribution in [2.24, 2.45) is 17.8 Å². The molecule has 0 spiro atoms. The molecule has 0 fully saturated rings. The highest BCUT2D eigenvalue weighted by Gasteiger charge is 2.22. The summed E-state index contributed by atoms with van der Waals surface area (Å²) < 4.78 is 0. The molecule has 0 aromatic heterocycles. The molecule has 1 rings (SSSR count). The molecular formula is C14H26O2. The van der Waals surface area contributed by atoms with Gasteiger partial charge in [0.2, 0.25) is 0 Å². The molecule has 0 aromatic rings. The molecule has 2 nitrogen and oxygen atoms in total. The Morgan fingerprint density at radius 2 is 1.81 bits per heavy atom. The molecule has 2 N–H and O–H groups in total. The first-order chi connectivity index (χ1) is 7.49. The molecule has 1 aliphatic carbocycles. The molecule has 4 unspecified atom stereocenters. The van der Waals surface area contributed by atoms with Gasteiger partial charge in [0.1, 0.15) is 0 Å². The van der Waals surface area contributed by atoms with Gasteiger partial charge in [-0.25, -0.2) is 0 Å². The zero-order valence-corrected chi connectivity index (χ0v) is 10.8. The van der Waals surface area contributed by atoms with E-state index in [1.165, 1.54) is 0 Å². The molecule has 0 saturated heterocycles. The Morgan fingerprint density at radius 3 is 2.31 bits per heavy atom. The van der Waals surface area contributed by atoms with Gasteiger partial charge >= 0.3 is 0 Å². The first kappa shape index (κ1) is 13.7. The number of aliphatic hydroxyl groups is 2. The van der Waals surface area contributed by atoms with E-state index < -0.39 is 0 Å². The lowest BCUT2D eigenvalue weighted by atomic mass is 9.81. The average Bonchev–Trinajstić information content (AvgIpc) is 2.16. The van der Waals surface area contributed by atoms with Crippen LogP contribution in [0.15, 0.2) is 12.2 Å². The molecule has 0 radical (unpaired) electrons. The summed E-state index contributed by atoms with van der Waals surface area (Å²) in [5.74, 6) is 1.61. The van der Waals surface area contributed by atoms with Crippen molar-refractivity contribution >= 4 is 0 Å². The molecule has 0 aromatic carbocycles. The van der Waals surface area contributed by atoms with E-state index in [0.717, 1.165) is 25.7 Å². The van der Waals surface area contributed by atoms with Crippen LogP contribution >= 0.6 is 0 Å². The molecule has 0 amide bonds. The van der Waals surface area contributed by atoms with Gasteiger partial charge in [-0.15, -0.1) is 0 Å². The van der Waals surface area contributed by atoms with Gasteiger partial charge in [-0.2, -0.15) is 0 Å². The Kier molecular flexibility index (Phi) is 5.50. The van der Waals surface area contributed by atoms with Gasteiger partial charge in [-0.05, 0) is 43.4 Å². The second kappa shape index (κ2) is 6.41. The van der Waals surface area contributed by atoms with Crippen LogP contribution in [0.1, 0.15) is 46.5 Å². The van der Waals surface area contributed by atoms with E-state index in [0.29, 0.717) is 17.8 Å². The maximum atomic E-state index is 9.90. The minimum Gasteiger partial charge on any atom is -0.393 e. The summed E-state index contributed by atoms with van der Waals surface area (Å²) in [4.78, 5) is 0. The van der Waals surface area contributed by atoms with Gasteiger partial charge in [0, 0.05) is 0 Å². The van der Waals surface area contributed by atoms with E-state index in [2.05, 4.69) is 26.8 Å². The van der Waals surface area contributed by atoms with Gasteiger partial charge in [0.05, 0.1) is 12.2 Å². The van der Waals surface area contributed by atoms with Crippen molar-refractivity contribution in [1.29, 1.82) is 0 Å². The summed E-state index contributed by atoms with van der Waals surface area (Å²) in [6.07, 6.45) is 7.30. The van der Waals surface area contributed by atoms with Gasteiger partial charge in [-0.1, -0.05) is 32.9 Å². The minimum absolute atomic E-state index is 0.171. The number of rotatable bonds is 5. The Morgan fingerprint density at radius 1 is 1.12 bits per heavy atom. The van der Waals surface area contributed by atoms with Crippen LogP contribution in [0, 0.1) is 17.8 Å². The van der Waals surface area contributed by atoms with Crippen molar-refractivity contribution in [3.05, 3.63) is 12.2 Å². The van der Waals surface area contributed by atoms with E-state index >= 15 is 0 Å². The molecule has 0 bridgehead atoms. The molecule has 0 saturated carbocycles. The summed E-state index contributed by atoms with van der Waals surface area (Å²) >= 11 is 0. The standard InChI is InChI=1S/C14H26O2/c1-10(2)8-14(16)9-11(3)12-4-6-13(15)7-5-12/h4,6,10-16H,5,7-9H2,1-3H3. The monoisotopic (exact) mass is 226 g/mol. The van der Waals surface area contributed by atoms with Crippen molar-refractivity contribution in [1.82, 2.24) is 0 Å². The van der Waals surface area contributed by atoms with Crippen LogP contribution < -0.4 is 0 Å². The largest absolute Gasteiger partial charge is 0.393 e. The Hall–Kier alpha value is -0.340. The van der Waals surface area contributed by atoms with E-state index in [1.807, 2.05) is 6.08 Å². The topological polar surface area (TPSA) is 40.5 Å². The zero-order chi connectivity index (χ0) is 12.1. The van der Waals surface area contributed by atoms with Crippen molar-refractivity contribution in [3.8, 4) is 0 Å². The highest BCUT2D eigenvalue weighted by molar-refractivity contribution is 4.99. The Bertz CT molecular complexity index is 223. The fourth-order valence-electron chi connectivity index (χ4n) is 2.55. The lowest BCUT2D eigenvalue weighted by molar-refractivity contribution is 0.108. The third-order valence-electron chi connectivity index (χ3n) is 3.49. The van der Waals surface area contributed by atoms with Gasteiger partial charge in [0.15, 0.2) is 0 Å². The predicted molar refractivity (Wildman–Crippen MR) is 67.1 cm³/mol. The Balaban J connectivity index is 2.34. The summed E-state index contributed by atoms with van der Waals surface area (Å²) in [6, 6.07) is 0. The molecule has 1 aliphatic rings. The van der Waals surface area contributed by atoms with Crippen molar-refractivity contribution < 1.29 is 10.2 Å². The SMILES string of the molecule is CC(C)CC(O)CC(C)C1C=CC(O)CC1. The maximum absolute atomic E-state index is 9.90. The maximum Gasteiger partial charge on any atom is 0.0721 e.